The van der Waals surface area contributed by atoms with E-state index in [0.717, 1.165) is 11.3 Å². The number of carbonyl (C=O) groups excluding carboxylic acids is 2. The van der Waals surface area contributed by atoms with Crippen LogP contribution >= 0.6 is 11.6 Å². The number of ether oxygens (including phenoxy) is 3. The summed E-state index contributed by atoms with van der Waals surface area (Å²) in [5.41, 5.74) is 3.06. The van der Waals surface area contributed by atoms with Crippen LogP contribution in [0.2, 0.25) is 5.02 Å². The van der Waals surface area contributed by atoms with E-state index in [-0.39, 0.29) is 5.56 Å². The first-order chi connectivity index (χ1) is 18.5. The van der Waals surface area contributed by atoms with Crippen LogP contribution < -0.4 is 14.8 Å². The molecule has 0 spiro atoms. The van der Waals surface area contributed by atoms with E-state index in [1.54, 1.807) is 48.5 Å². The fourth-order valence-corrected chi connectivity index (χ4v) is 3.41. The van der Waals surface area contributed by atoms with E-state index < -0.39 is 18.5 Å². The third-order valence-corrected chi connectivity index (χ3v) is 5.48. The van der Waals surface area contributed by atoms with E-state index in [2.05, 4.69) is 15.5 Å². The van der Waals surface area contributed by atoms with E-state index >= 15 is 0 Å². The Hall–Kier alpha value is -4.69. The summed E-state index contributed by atoms with van der Waals surface area (Å²) in [7, 11) is 1.47. The van der Waals surface area contributed by atoms with Gasteiger partial charge in [-0.05, 0) is 72.3 Å². The Kier molecular flexibility index (Phi) is 9.04. The average molecular weight is 530 g/mol. The number of rotatable bonds is 10. The lowest BCUT2D eigenvalue weighted by atomic mass is 10.2. The van der Waals surface area contributed by atoms with Crippen molar-refractivity contribution in [1.82, 2.24) is 0 Å². The number of nitrogens with one attached hydrogen (secondary N) is 1. The molecule has 0 radical (unpaired) electrons. The van der Waals surface area contributed by atoms with Crippen LogP contribution in [0.15, 0.2) is 107 Å². The van der Waals surface area contributed by atoms with Crippen molar-refractivity contribution >= 4 is 40.5 Å². The van der Waals surface area contributed by atoms with E-state index in [9.17, 15) is 9.59 Å². The highest BCUT2D eigenvalue weighted by Crippen LogP contribution is 2.29. The molecule has 192 valence electrons. The van der Waals surface area contributed by atoms with Crippen molar-refractivity contribution in [2.75, 3.05) is 19.0 Å². The van der Waals surface area contributed by atoms with Gasteiger partial charge in [-0.3, -0.25) is 4.79 Å². The van der Waals surface area contributed by atoms with Crippen molar-refractivity contribution in [3.63, 3.8) is 0 Å². The molecule has 1 amide bonds. The van der Waals surface area contributed by atoms with E-state index in [0.29, 0.717) is 34.5 Å². The van der Waals surface area contributed by atoms with Gasteiger partial charge in [-0.25, -0.2) is 4.79 Å². The van der Waals surface area contributed by atoms with Crippen molar-refractivity contribution in [2.45, 2.75) is 6.61 Å². The lowest BCUT2D eigenvalue weighted by molar-refractivity contribution is -0.119. The lowest BCUT2D eigenvalue weighted by Crippen LogP contribution is -2.20. The first-order valence-corrected chi connectivity index (χ1v) is 12.0. The minimum absolute atomic E-state index is 0.224. The Morgan fingerprint density at radius 1 is 0.816 bits per heavy atom. The number of anilines is 1. The first kappa shape index (κ1) is 26.4. The number of nitrogens with zero attached hydrogens (tertiary/aromatic N) is 2. The third-order valence-electron chi connectivity index (χ3n) is 5.23. The summed E-state index contributed by atoms with van der Waals surface area (Å²) in [6, 6.07) is 28.1. The summed E-state index contributed by atoms with van der Waals surface area (Å²) >= 11 is 5.91. The van der Waals surface area contributed by atoms with Crippen molar-refractivity contribution in [2.24, 2.45) is 10.2 Å². The van der Waals surface area contributed by atoms with Crippen molar-refractivity contribution in [3.05, 3.63) is 113 Å². The fraction of sp³-hybridized carbons (Fsp3) is 0.103. The molecule has 0 atom stereocenters. The molecule has 0 aliphatic carbocycles. The largest absolute Gasteiger partial charge is 0.493 e. The molecular formula is C29H24ClN3O5. The molecule has 0 unspecified atom stereocenters. The summed E-state index contributed by atoms with van der Waals surface area (Å²) < 4.78 is 16.3. The zero-order valence-electron chi connectivity index (χ0n) is 20.5. The van der Waals surface area contributed by atoms with E-state index in [1.807, 2.05) is 42.5 Å². The minimum Gasteiger partial charge on any atom is -0.493 e. The molecule has 0 saturated heterocycles. The molecule has 0 fully saturated rings. The van der Waals surface area contributed by atoms with Gasteiger partial charge in [0.2, 0.25) is 0 Å². The highest BCUT2D eigenvalue weighted by molar-refractivity contribution is 6.30. The Morgan fingerprint density at radius 2 is 1.50 bits per heavy atom. The van der Waals surface area contributed by atoms with Gasteiger partial charge in [0.15, 0.2) is 18.1 Å². The number of esters is 1. The maximum Gasteiger partial charge on any atom is 0.338 e. The van der Waals surface area contributed by atoms with Crippen LogP contribution in [0.25, 0.3) is 0 Å². The predicted octanol–water partition coefficient (Wildman–Crippen LogP) is 7.14. The molecule has 4 aromatic carbocycles. The Balaban J connectivity index is 1.27. The highest BCUT2D eigenvalue weighted by atomic mass is 35.5. The van der Waals surface area contributed by atoms with Crippen LogP contribution in [0.3, 0.4) is 0 Å². The van der Waals surface area contributed by atoms with Crippen LogP contribution in [-0.4, -0.2) is 25.6 Å². The molecule has 9 heteroatoms. The molecular weight excluding hydrogens is 506 g/mol. The number of amides is 1. The summed E-state index contributed by atoms with van der Waals surface area (Å²) in [5, 5.41) is 11.6. The smallest absolute Gasteiger partial charge is 0.338 e. The lowest BCUT2D eigenvalue weighted by Gasteiger charge is -2.12. The predicted molar refractivity (Wildman–Crippen MR) is 145 cm³/mol. The Bertz CT molecular complexity index is 1410. The zero-order valence-corrected chi connectivity index (χ0v) is 21.2. The third kappa shape index (κ3) is 7.65. The molecule has 4 aromatic rings. The summed E-state index contributed by atoms with van der Waals surface area (Å²) in [6.45, 7) is -0.153. The normalized spacial score (nSPS) is 10.7. The SMILES string of the molecule is COc1cc(C(=O)OCC(=O)Nc2ccc(N=Nc3ccccc3)cc2)ccc1OCc1ccc(Cl)cc1. The van der Waals surface area contributed by atoms with E-state index in [1.165, 1.54) is 13.2 Å². The maximum atomic E-state index is 12.5. The molecule has 0 aromatic heterocycles. The number of methoxy groups -OCH3 is 1. The van der Waals surface area contributed by atoms with Gasteiger partial charge in [0, 0.05) is 10.7 Å². The van der Waals surface area contributed by atoms with E-state index in [4.69, 9.17) is 25.8 Å². The minimum atomic E-state index is -0.667. The quantitative estimate of drug-likeness (QED) is 0.174. The number of hydrogen-bond donors (Lipinski definition) is 1. The zero-order chi connectivity index (χ0) is 26.7. The van der Waals surface area contributed by atoms with Gasteiger partial charge in [0.05, 0.1) is 24.0 Å². The highest BCUT2D eigenvalue weighted by Gasteiger charge is 2.14. The van der Waals surface area contributed by atoms with Crippen LogP contribution in [0.5, 0.6) is 11.5 Å². The number of benzene rings is 4. The molecule has 0 bridgehead atoms. The summed E-state index contributed by atoms with van der Waals surface area (Å²) in [6.07, 6.45) is 0. The summed E-state index contributed by atoms with van der Waals surface area (Å²) in [4.78, 5) is 24.8. The second kappa shape index (κ2) is 13.0. The summed E-state index contributed by atoms with van der Waals surface area (Å²) in [5.74, 6) is -0.322. The standard InChI is InChI=1S/C29H24ClN3O5/c1-36-27-17-21(9-16-26(27)37-18-20-7-10-22(30)11-8-20)29(35)38-19-28(34)31-23-12-14-25(15-13-23)33-32-24-5-3-2-4-6-24/h2-17H,18-19H2,1H3,(H,31,34). The van der Waals surface area contributed by atoms with Gasteiger partial charge in [-0.2, -0.15) is 10.2 Å². The molecule has 1 N–H and O–H groups in total. The van der Waals surface area contributed by atoms with Gasteiger partial charge in [-0.1, -0.05) is 41.9 Å². The first-order valence-electron chi connectivity index (χ1n) is 11.6. The number of carbonyl (C=O) groups is 2. The van der Waals surface area contributed by atoms with Crippen LogP contribution in [-0.2, 0) is 16.1 Å². The van der Waals surface area contributed by atoms with Gasteiger partial charge in [0.25, 0.3) is 5.91 Å². The topological polar surface area (TPSA) is 98.6 Å². The van der Waals surface area contributed by atoms with Gasteiger partial charge < -0.3 is 19.5 Å². The van der Waals surface area contributed by atoms with Gasteiger partial charge in [-0.15, -0.1) is 0 Å². The monoisotopic (exact) mass is 529 g/mol. The number of hydrogen-bond acceptors (Lipinski definition) is 7. The van der Waals surface area contributed by atoms with Crippen LogP contribution in [0.1, 0.15) is 15.9 Å². The maximum absolute atomic E-state index is 12.5. The molecule has 4 rings (SSSR count). The van der Waals surface area contributed by atoms with Crippen LogP contribution in [0, 0.1) is 0 Å². The van der Waals surface area contributed by atoms with Crippen LogP contribution in [0.4, 0.5) is 17.1 Å². The molecule has 0 saturated carbocycles. The Labute approximate surface area is 224 Å². The molecule has 0 aliphatic heterocycles. The molecule has 8 nitrogen and oxygen atoms in total. The number of azo groups is 1. The molecule has 38 heavy (non-hydrogen) atoms. The van der Waals surface area contributed by atoms with Crippen molar-refractivity contribution in [1.29, 1.82) is 0 Å². The Morgan fingerprint density at radius 3 is 2.18 bits per heavy atom. The number of halogens is 1. The van der Waals surface area contributed by atoms with Gasteiger partial charge in [0.1, 0.15) is 6.61 Å². The molecule has 0 aliphatic rings. The fourth-order valence-electron chi connectivity index (χ4n) is 3.29. The average Bonchev–Trinajstić information content (AvgIpc) is 2.95. The van der Waals surface area contributed by atoms with Gasteiger partial charge >= 0.3 is 5.97 Å². The second-order valence-corrected chi connectivity index (χ2v) is 8.42. The second-order valence-electron chi connectivity index (χ2n) is 7.99. The van der Waals surface area contributed by atoms with Crippen molar-refractivity contribution in [3.8, 4) is 11.5 Å². The molecule has 0 heterocycles. The van der Waals surface area contributed by atoms with Crippen molar-refractivity contribution < 1.29 is 23.8 Å².